The fourth-order valence-corrected chi connectivity index (χ4v) is 4.00. The van der Waals surface area contributed by atoms with Crippen LogP contribution in [0.5, 0.6) is 5.75 Å². The van der Waals surface area contributed by atoms with Crippen LogP contribution in [-0.2, 0) is 5.54 Å². The van der Waals surface area contributed by atoms with Gasteiger partial charge in [0.15, 0.2) is 0 Å². The number of amides is 2. The van der Waals surface area contributed by atoms with Gasteiger partial charge in [-0.25, -0.2) is 4.79 Å². The molecule has 0 atom stereocenters. The van der Waals surface area contributed by atoms with Crippen LogP contribution in [0.4, 0.5) is 4.79 Å². The molecule has 2 N–H and O–H groups in total. The molecule has 4 nitrogen and oxygen atoms in total. The molecule has 2 amide bonds. The monoisotopic (exact) mass is 408 g/mol. The van der Waals surface area contributed by atoms with Crippen molar-refractivity contribution in [2.24, 2.45) is 0 Å². The lowest BCUT2D eigenvalue weighted by molar-refractivity contribution is 0.139. The summed E-state index contributed by atoms with van der Waals surface area (Å²) in [6.45, 7) is 10.6. The van der Waals surface area contributed by atoms with Crippen LogP contribution in [0.25, 0.3) is 0 Å². The first-order chi connectivity index (χ1) is 14.2. The number of urea groups is 1. The van der Waals surface area contributed by atoms with Crippen LogP contribution in [0.15, 0.2) is 48.5 Å². The lowest BCUT2D eigenvalue weighted by Gasteiger charge is -2.32. The molecule has 2 aromatic rings. The number of rotatable bonds is 6. The average molecular weight is 409 g/mol. The summed E-state index contributed by atoms with van der Waals surface area (Å²) in [5, 5.41) is 6.33. The molecule has 0 aliphatic heterocycles. The minimum absolute atomic E-state index is 0.0992. The van der Waals surface area contributed by atoms with Gasteiger partial charge in [-0.1, -0.05) is 55.8 Å². The van der Waals surface area contributed by atoms with Crippen LogP contribution in [-0.4, -0.2) is 18.2 Å². The van der Waals surface area contributed by atoms with Gasteiger partial charge in [0.2, 0.25) is 0 Å². The molecule has 2 aromatic carbocycles. The maximum absolute atomic E-state index is 12.7. The molecule has 0 bridgehead atoms. The highest BCUT2D eigenvalue weighted by Crippen LogP contribution is 2.26. The van der Waals surface area contributed by atoms with E-state index in [0.29, 0.717) is 5.92 Å². The highest BCUT2D eigenvalue weighted by atomic mass is 16.5. The van der Waals surface area contributed by atoms with Crippen molar-refractivity contribution in [3.05, 3.63) is 65.2 Å². The van der Waals surface area contributed by atoms with Crippen molar-refractivity contribution in [2.45, 2.75) is 83.9 Å². The van der Waals surface area contributed by atoms with Gasteiger partial charge in [0, 0.05) is 6.04 Å². The molecule has 3 rings (SSSR count). The first-order valence-electron chi connectivity index (χ1n) is 11.2. The molecule has 0 heterocycles. The fourth-order valence-electron chi connectivity index (χ4n) is 4.00. The normalized spacial score (nSPS) is 19.4. The van der Waals surface area contributed by atoms with E-state index in [1.165, 1.54) is 11.1 Å². The van der Waals surface area contributed by atoms with Gasteiger partial charge in [0.1, 0.15) is 5.75 Å². The van der Waals surface area contributed by atoms with Gasteiger partial charge in [-0.3, -0.25) is 0 Å². The van der Waals surface area contributed by atoms with Crippen LogP contribution >= 0.6 is 0 Å². The first-order valence-corrected chi connectivity index (χ1v) is 11.2. The van der Waals surface area contributed by atoms with Crippen LogP contribution in [0.1, 0.15) is 76.0 Å². The van der Waals surface area contributed by atoms with Crippen molar-refractivity contribution in [2.75, 3.05) is 0 Å². The number of hydrogen-bond acceptors (Lipinski definition) is 2. The van der Waals surface area contributed by atoms with Crippen molar-refractivity contribution in [1.29, 1.82) is 0 Å². The van der Waals surface area contributed by atoms with Gasteiger partial charge in [-0.15, -0.1) is 0 Å². The molecule has 0 aromatic heterocycles. The van der Waals surface area contributed by atoms with Crippen molar-refractivity contribution < 1.29 is 9.53 Å². The first kappa shape index (κ1) is 22.2. The number of ether oxygens (including phenoxy) is 1. The maximum atomic E-state index is 12.7. The zero-order valence-corrected chi connectivity index (χ0v) is 19.0. The van der Waals surface area contributed by atoms with E-state index in [4.69, 9.17) is 4.74 Å². The number of nitrogens with one attached hydrogen (secondary N) is 2. The van der Waals surface area contributed by atoms with Crippen molar-refractivity contribution >= 4 is 6.03 Å². The summed E-state index contributed by atoms with van der Waals surface area (Å²) in [6.07, 6.45) is 4.02. The molecule has 30 heavy (non-hydrogen) atoms. The molecule has 162 valence electrons. The third-order valence-corrected chi connectivity index (χ3v) is 6.03. The minimum Gasteiger partial charge on any atom is -0.490 e. The summed E-state index contributed by atoms with van der Waals surface area (Å²) < 4.78 is 6.10. The fraction of sp³-hybridized carbons (Fsp3) is 0.500. The third kappa shape index (κ3) is 6.01. The molecule has 0 unspecified atom stereocenters. The third-order valence-electron chi connectivity index (χ3n) is 6.03. The smallest absolute Gasteiger partial charge is 0.315 e. The van der Waals surface area contributed by atoms with E-state index in [9.17, 15) is 4.79 Å². The van der Waals surface area contributed by atoms with Crippen molar-refractivity contribution in [3.63, 3.8) is 0 Å². The Bertz CT molecular complexity index is 834. The van der Waals surface area contributed by atoms with Gasteiger partial charge >= 0.3 is 6.03 Å². The van der Waals surface area contributed by atoms with Crippen LogP contribution in [0.3, 0.4) is 0 Å². The average Bonchev–Trinajstić information content (AvgIpc) is 2.71. The van der Waals surface area contributed by atoms with E-state index >= 15 is 0 Å². The van der Waals surface area contributed by atoms with E-state index in [-0.39, 0.29) is 18.2 Å². The second kappa shape index (κ2) is 9.55. The highest BCUT2D eigenvalue weighted by Gasteiger charge is 2.27. The van der Waals surface area contributed by atoms with Crippen LogP contribution in [0, 0.1) is 6.92 Å². The predicted molar refractivity (Wildman–Crippen MR) is 123 cm³/mol. The number of carbonyl (C=O) groups excluding carboxylic acids is 1. The lowest BCUT2D eigenvalue weighted by atomic mass is 9.90. The Morgan fingerprint density at radius 2 is 1.70 bits per heavy atom. The molecule has 0 spiro atoms. The summed E-state index contributed by atoms with van der Waals surface area (Å²) in [6, 6.07) is 16.8. The van der Waals surface area contributed by atoms with E-state index in [2.05, 4.69) is 81.7 Å². The molecule has 4 heteroatoms. The highest BCUT2D eigenvalue weighted by molar-refractivity contribution is 5.75. The molecule has 0 saturated heterocycles. The standard InChI is InChI=1S/C26H36N2O2/c1-18(2)20-7-6-8-21(17-20)26(4,5)28-25(29)27-22-11-15-24(16-12-22)30-23-13-9-19(3)10-14-23/h6-10,13-14,17-18,22,24H,11-12,15-16H2,1-5H3,(H2,27,28,29). The molecule has 1 aliphatic carbocycles. The minimum atomic E-state index is -0.430. The summed E-state index contributed by atoms with van der Waals surface area (Å²) in [7, 11) is 0. The van der Waals surface area contributed by atoms with Gasteiger partial charge < -0.3 is 15.4 Å². The van der Waals surface area contributed by atoms with Crippen LogP contribution in [0.2, 0.25) is 0 Å². The summed E-state index contributed by atoms with van der Waals surface area (Å²) in [5.74, 6) is 1.40. The summed E-state index contributed by atoms with van der Waals surface area (Å²) in [5.41, 5.74) is 3.22. The molecular formula is C26H36N2O2. The number of carbonyl (C=O) groups is 1. The topological polar surface area (TPSA) is 50.4 Å². The molecular weight excluding hydrogens is 372 g/mol. The Kier molecular flexibility index (Phi) is 7.06. The van der Waals surface area contributed by atoms with Crippen molar-refractivity contribution in [1.82, 2.24) is 10.6 Å². The second-order valence-electron chi connectivity index (χ2n) is 9.41. The largest absolute Gasteiger partial charge is 0.490 e. The SMILES string of the molecule is Cc1ccc(OC2CCC(NC(=O)NC(C)(C)c3cccc(C(C)C)c3)CC2)cc1. The Labute approximate surface area is 181 Å². The van der Waals surface area contributed by atoms with E-state index in [0.717, 1.165) is 37.0 Å². The van der Waals surface area contributed by atoms with E-state index < -0.39 is 5.54 Å². The number of aryl methyl sites for hydroxylation is 1. The molecule has 0 radical (unpaired) electrons. The number of benzene rings is 2. The van der Waals surface area contributed by atoms with Crippen LogP contribution < -0.4 is 15.4 Å². The van der Waals surface area contributed by atoms with Gasteiger partial charge in [-0.2, -0.15) is 0 Å². The molecule has 1 fully saturated rings. The molecule has 1 saturated carbocycles. The maximum Gasteiger partial charge on any atom is 0.315 e. The van der Waals surface area contributed by atoms with Crippen molar-refractivity contribution in [3.8, 4) is 5.75 Å². The summed E-state index contributed by atoms with van der Waals surface area (Å²) in [4.78, 5) is 12.7. The van der Waals surface area contributed by atoms with Gasteiger partial charge in [0.05, 0.1) is 11.6 Å². The Balaban J connectivity index is 1.48. The second-order valence-corrected chi connectivity index (χ2v) is 9.41. The molecule has 1 aliphatic rings. The Hall–Kier alpha value is -2.49. The zero-order valence-electron chi connectivity index (χ0n) is 19.0. The Morgan fingerprint density at radius 1 is 1.03 bits per heavy atom. The van der Waals surface area contributed by atoms with E-state index in [1.807, 2.05) is 12.1 Å². The van der Waals surface area contributed by atoms with Gasteiger partial charge in [0.25, 0.3) is 0 Å². The number of hydrogen-bond donors (Lipinski definition) is 2. The Morgan fingerprint density at radius 3 is 2.33 bits per heavy atom. The van der Waals surface area contributed by atoms with E-state index in [1.54, 1.807) is 0 Å². The zero-order chi connectivity index (χ0) is 21.7. The lowest BCUT2D eigenvalue weighted by Crippen LogP contribution is -2.50. The van der Waals surface area contributed by atoms with Gasteiger partial charge in [-0.05, 0) is 75.6 Å². The summed E-state index contributed by atoms with van der Waals surface area (Å²) >= 11 is 0. The quantitative estimate of drug-likeness (QED) is 0.612. The predicted octanol–water partition coefficient (Wildman–Crippen LogP) is 6.04.